The largest absolute Gasteiger partial charge is 0.482 e. The lowest BCUT2D eigenvalue weighted by Gasteiger charge is -2.61. The van der Waals surface area contributed by atoms with Crippen LogP contribution in [0.25, 0.3) is 22.1 Å². The van der Waals surface area contributed by atoms with Crippen molar-refractivity contribution in [1.29, 1.82) is 0 Å². The first kappa shape index (κ1) is 35.1. The summed E-state index contributed by atoms with van der Waals surface area (Å²) >= 11 is 0. The summed E-state index contributed by atoms with van der Waals surface area (Å²) in [7, 11) is 0. The van der Waals surface area contributed by atoms with Gasteiger partial charge in [0.2, 0.25) is 0 Å². The Morgan fingerprint density at radius 2 is 1.76 bits per heavy atom. The van der Waals surface area contributed by atoms with Crippen LogP contribution in [0.3, 0.4) is 0 Å². The molecule has 5 heteroatoms. The molecule has 50 heavy (non-hydrogen) atoms. The first-order chi connectivity index (χ1) is 24.0. The predicted molar refractivity (Wildman–Crippen MR) is 201 cm³/mol. The maximum atomic E-state index is 13.0. The van der Waals surface area contributed by atoms with E-state index < -0.39 is 5.63 Å². The van der Waals surface area contributed by atoms with Crippen molar-refractivity contribution in [2.24, 2.45) is 46.3 Å². The molecule has 2 aromatic carbocycles. The van der Waals surface area contributed by atoms with Crippen LogP contribution in [-0.4, -0.2) is 18.7 Å². The second kappa shape index (κ2) is 14.4. The Balaban J connectivity index is 0.945. The minimum absolute atomic E-state index is 0.105. The van der Waals surface area contributed by atoms with E-state index in [1.165, 1.54) is 69.4 Å². The maximum Gasteiger partial charge on any atom is 0.344 e. The number of benzene rings is 2. The summed E-state index contributed by atoms with van der Waals surface area (Å²) in [6.07, 6.45) is 17.6. The fourth-order valence-electron chi connectivity index (χ4n) is 11.1. The molecular weight excluding hydrogens is 620 g/mol. The van der Waals surface area contributed by atoms with Gasteiger partial charge >= 0.3 is 11.6 Å². The highest BCUT2D eigenvalue weighted by Crippen LogP contribution is 2.65. The zero-order chi connectivity index (χ0) is 35.0. The molecule has 0 saturated heterocycles. The molecule has 3 saturated carbocycles. The average Bonchev–Trinajstić information content (AvgIpc) is 3.09. The lowest BCUT2D eigenvalue weighted by molar-refractivity contribution is -0.154. The molecule has 0 aliphatic heterocycles. The SMILES string of the molecule is CC(C)CCC[C@H](C)[C@@H]1CC[C@H]2[C@H]3CC=C4C[C@H](OC(=O)COc5ccc6c(-c7ccccc7)cc(=O)oc6c5)CC[C@]4(C)[C@@H]3CC[C@]2(C)C1. The second-order valence-electron chi connectivity index (χ2n) is 17.4. The third-order valence-corrected chi connectivity index (χ3v) is 13.9. The number of carbonyl (C=O) groups excluding carboxylic acids is 1. The minimum atomic E-state index is -0.423. The Labute approximate surface area is 299 Å². The molecule has 0 amide bonds. The molecule has 3 aromatic rings. The van der Waals surface area contributed by atoms with Crippen LogP contribution in [0.2, 0.25) is 0 Å². The number of rotatable bonds is 10. The highest BCUT2D eigenvalue weighted by Gasteiger charge is 2.56. The molecule has 8 atom stereocenters. The molecule has 0 radical (unpaired) electrons. The number of ether oxygens (including phenoxy) is 2. The normalized spacial score (nSPS) is 31.2. The molecule has 0 unspecified atom stereocenters. The number of fused-ring (bicyclic) bond motifs is 6. The number of esters is 1. The molecule has 1 heterocycles. The summed E-state index contributed by atoms with van der Waals surface area (Å²) in [6.45, 7) is 12.3. The van der Waals surface area contributed by atoms with Gasteiger partial charge in [-0.15, -0.1) is 0 Å². The van der Waals surface area contributed by atoms with Gasteiger partial charge in [-0.1, -0.05) is 95.9 Å². The molecule has 5 nitrogen and oxygen atoms in total. The van der Waals surface area contributed by atoms with Gasteiger partial charge in [0, 0.05) is 23.9 Å². The minimum Gasteiger partial charge on any atom is -0.482 e. The lowest BCUT2D eigenvalue weighted by Crippen LogP contribution is -2.52. The van der Waals surface area contributed by atoms with Gasteiger partial charge in [0.25, 0.3) is 0 Å². The smallest absolute Gasteiger partial charge is 0.344 e. The zero-order valence-corrected chi connectivity index (χ0v) is 31.0. The quantitative estimate of drug-likeness (QED) is 0.121. The van der Waals surface area contributed by atoms with Crippen molar-refractivity contribution in [3.63, 3.8) is 0 Å². The third-order valence-electron chi connectivity index (χ3n) is 13.9. The number of hydrogen-bond donors (Lipinski definition) is 0. The Kier molecular flexibility index (Phi) is 10.1. The van der Waals surface area contributed by atoms with Crippen LogP contribution >= 0.6 is 0 Å². The van der Waals surface area contributed by atoms with Crippen molar-refractivity contribution < 1.29 is 18.7 Å². The maximum absolute atomic E-state index is 13.0. The van der Waals surface area contributed by atoms with Crippen molar-refractivity contribution in [3.05, 3.63) is 76.7 Å². The highest BCUT2D eigenvalue weighted by atomic mass is 16.6. The molecule has 0 spiro atoms. The van der Waals surface area contributed by atoms with E-state index in [9.17, 15) is 9.59 Å². The van der Waals surface area contributed by atoms with E-state index in [2.05, 4.69) is 40.7 Å². The van der Waals surface area contributed by atoms with E-state index in [4.69, 9.17) is 13.9 Å². The predicted octanol–water partition coefficient (Wildman–Crippen LogP) is 11.2. The first-order valence-electron chi connectivity index (χ1n) is 19.7. The zero-order valence-electron chi connectivity index (χ0n) is 31.0. The van der Waals surface area contributed by atoms with Crippen molar-refractivity contribution >= 4 is 16.9 Å². The molecule has 0 N–H and O–H groups in total. The van der Waals surface area contributed by atoms with Crippen LogP contribution in [0.5, 0.6) is 5.75 Å². The summed E-state index contributed by atoms with van der Waals surface area (Å²) in [5.74, 6) is 5.07. The summed E-state index contributed by atoms with van der Waals surface area (Å²) in [5.41, 5.74) is 3.99. The molecule has 4 aliphatic rings. The van der Waals surface area contributed by atoms with Gasteiger partial charge in [0.1, 0.15) is 17.4 Å². The van der Waals surface area contributed by atoms with Gasteiger partial charge < -0.3 is 13.9 Å². The van der Waals surface area contributed by atoms with Crippen LogP contribution in [0, 0.1) is 46.3 Å². The van der Waals surface area contributed by atoms with E-state index in [1.807, 2.05) is 42.5 Å². The number of hydrogen-bond acceptors (Lipinski definition) is 5. The third kappa shape index (κ3) is 7.08. The Hall–Kier alpha value is -3.34. The fourth-order valence-corrected chi connectivity index (χ4v) is 11.1. The van der Waals surface area contributed by atoms with E-state index in [-0.39, 0.29) is 24.1 Å². The summed E-state index contributed by atoms with van der Waals surface area (Å²) in [4.78, 5) is 25.4. The topological polar surface area (TPSA) is 65.7 Å². The van der Waals surface area contributed by atoms with E-state index in [1.54, 1.807) is 6.07 Å². The number of allylic oxidation sites excluding steroid dienone is 1. The van der Waals surface area contributed by atoms with Crippen molar-refractivity contribution in [3.8, 4) is 16.9 Å². The standard InChI is InChI=1S/C45H58O5/c1-29(2)10-9-11-30(3)32-14-19-39-37-17-15-33-24-35(20-23-45(33,5)40(37)21-22-44(39,4)27-32)49-43(47)28-48-34-16-18-36-38(31-12-7-6-8-13-31)26-42(46)50-41(36)25-34/h6-8,12-13,15-16,18,25-26,29-30,32,35,37,39-40H,9-11,14,17,19-24,27-28H2,1-5H3/t30-,32+,35+,37+,39-,40+,44+,45-/m0/s1. The van der Waals surface area contributed by atoms with E-state index in [0.717, 1.165) is 71.3 Å². The second-order valence-corrected chi connectivity index (χ2v) is 17.4. The van der Waals surface area contributed by atoms with Gasteiger partial charge in [-0.25, -0.2) is 9.59 Å². The van der Waals surface area contributed by atoms with Crippen molar-refractivity contribution in [2.45, 2.75) is 118 Å². The van der Waals surface area contributed by atoms with Gasteiger partial charge in [-0.2, -0.15) is 0 Å². The van der Waals surface area contributed by atoms with Gasteiger partial charge in [0.15, 0.2) is 6.61 Å². The molecule has 4 aliphatic carbocycles. The van der Waals surface area contributed by atoms with Gasteiger partial charge in [-0.3, -0.25) is 0 Å². The molecule has 3 fully saturated rings. The lowest BCUT2D eigenvalue weighted by atomic mass is 9.44. The monoisotopic (exact) mass is 678 g/mol. The van der Waals surface area contributed by atoms with E-state index >= 15 is 0 Å². The van der Waals surface area contributed by atoms with Crippen LogP contribution in [-0.2, 0) is 9.53 Å². The van der Waals surface area contributed by atoms with Crippen LogP contribution in [0.1, 0.15) is 112 Å². The van der Waals surface area contributed by atoms with Gasteiger partial charge in [-0.05, 0) is 121 Å². The molecule has 1 aromatic heterocycles. The van der Waals surface area contributed by atoms with Crippen LogP contribution < -0.4 is 10.4 Å². The van der Waals surface area contributed by atoms with Gasteiger partial charge in [0.05, 0.1) is 0 Å². The summed E-state index contributed by atoms with van der Waals surface area (Å²) in [5, 5.41) is 0.816. The molecule has 7 rings (SSSR count). The Bertz CT molecular complexity index is 1750. The van der Waals surface area contributed by atoms with Crippen LogP contribution in [0.4, 0.5) is 0 Å². The van der Waals surface area contributed by atoms with Crippen LogP contribution in [0.15, 0.2) is 75.5 Å². The highest BCUT2D eigenvalue weighted by molar-refractivity contribution is 5.93. The summed E-state index contributed by atoms with van der Waals surface area (Å²) < 4.78 is 17.4. The Morgan fingerprint density at radius 1 is 0.940 bits per heavy atom. The molecular formula is C45H58O5. The van der Waals surface area contributed by atoms with Crippen molar-refractivity contribution in [2.75, 3.05) is 6.61 Å². The Morgan fingerprint density at radius 3 is 2.56 bits per heavy atom. The number of carbonyl (C=O) groups is 1. The van der Waals surface area contributed by atoms with E-state index in [0.29, 0.717) is 16.7 Å². The molecule has 268 valence electrons. The molecule has 0 bridgehead atoms. The fraction of sp³-hybridized carbons (Fsp3) is 0.600. The first-order valence-corrected chi connectivity index (χ1v) is 19.7. The van der Waals surface area contributed by atoms with Crippen molar-refractivity contribution in [1.82, 2.24) is 0 Å². The average molecular weight is 679 g/mol. The summed E-state index contributed by atoms with van der Waals surface area (Å²) in [6, 6.07) is 16.7.